The van der Waals surface area contributed by atoms with E-state index in [1.807, 2.05) is 4.90 Å². The number of aromatic nitrogens is 1. The number of carbonyl (C=O) groups excluding carboxylic acids is 1. The van der Waals surface area contributed by atoms with Crippen molar-refractivity contribution in [2.75, 3.05) is 0 Å². The van der Waals surface area contributed by atoms with Crippen LogP contribution in [0.4, 0.5) is 4.39 Å². The summed E-state index contributed by atoms with van der Waals surface area (Å²) in [4.78, 5) is 17.6. The van der Waals surface area contributed by atoms with Crippen LogP contribution in [0.25, 0.3) is 10.9 Å². The molecule has 0 aliphatic carbocycles. The number of halogens is 1. The summed E-state index contributed by atoms with van der Waals surface area (Å²) in [5.74, 6) is 0.0540. The Hall–Kier alpha value is -1.84. The molecule has 2 aliphatic heterocycles. The monoisotopic (exact) mass is 272 g/mol. The van der Waals surface area contributed by atoms with Crippen molar-refractivity contribution in [2.24, 2.45) is 0 Å². The number of benzene rings is 1. The minimum absolute atomic E-state index is 0.0620. The Morgan fingerprint density at radius 3 is 3.10 bits per heavy atom. The van der Waals surface area contributed by atoms with Gasteiger partial charge in [-0.3, -0.25) is 4.79 Å². The number of carbonyl (C=O) groups is 1. The van der Waals surface area contributed by atoms with Gasteiger partial charge in [0.25, 0.3) is 0 Å². The molecule has 3 nitrogen and oxygen atoms in total. The summed E-state index contributed by atoms with van der Waals surface area (Å²) in [6, 6.07) is 5.22. The largest absolute Gasteiger partial charge is 0.356 e. The molecule has 0 bridgehead atoms. The molecule has 0 saturated carbocycles. The third-order valence-electron chi connectivity index (χ3n) is 4.79. The molecule has 2 atom stereocenters. The zero-order chi connectivity index (χ0) is 13.9. The fourth-order valence-corrected chi connectivity index (χ4v) is 3.89. The number of H-pyrrole nitrogens is 1. The van der Waals surface area contributed by atoms with Crippen LogP contribution >= 0.6 is 0 Å². The highest BCUT2D eigenvalue weighted by Gasteiger charge is 2.38. The van der Waals surface area contributed by atoms with Crippen molar-refractivity contribution in [3.63, 3.8) is 0 Å². The first kappa shape index (κ1) is 11.9. The first-order valence-electron chi connectivity index (χ1n) is 7.26. The maximum Gasteiger partial charge on any atom is 0.223 e. The predicted molar refractivity (Wildman–Crippen MR) is 74.9 cm³/mol. The Balaban J connectivity index is 1.90. The van der Waals surface area contributed by atoms with Gasteiger partial charge in [0.2, 0.25) is 5.91 Å². The van der Waals surface area contributed by atoms with E-state index in [1.54, 1.807) is 12.1 Å². The summed E-state index contributed by atoms with van der Waals surface area (Å²) in [5.41, 5.74) is 3.25. The number of amides is 1. The normalized spacial score (nSPS) is 25.7. The van der Waals surface area contributed by atoms with Crippen molar-refractivity contribution in [3.05, 3.63) is 35.3 Å². The van der Waals surface area contributed by atoms with Crippen LogP contribution in [0.5, 0.6) is 0 Å². The molecule has 1 fully saturated rings. The molecule has 2 unspecified atom stereocenters. The van der Waals surface area contributed by atoms with Crippen molar-refractivity contribution in [1.82, 2.24) is 9.88 Å². The second-order valence-electron chi connectivity index (χ2n) is 5.93. The van der Waals surface area contributed by atoms with Gasteiger partial charge in [-0.1, -0.05) is 0 Å². The van der Waals surface area contributed by atoms with E-state index >= 15 is 0 Å². The molecule has 104 valence electrons. The van der Waals surface area contributed by atoms with Gasteiger partial charge in [0.05, 0.1) is 6.04 Å². The highest BCUT2D eigenvalue weighted by Crippen LogP contribution is 2.40. The first-order chi connectivity index (χ1) is 9.65. The van der Waals surface area contributed by atoms with Crippen LogP contribution in [0.3, 0.4) is 0 Å². The second kappa shape index (κ2) is 4.08. The van der Waals surface area contributed by atoms with Gasteiger partial charge in [-0.25, -0.2) is 4.39 Å². The van der Waals surface area contributed by atoms with Crippen LogP contribution < -0.4 is 0 Å². The molecule has 1 amide bonds. The lowest BCUT2D eigenvalue weighted by atomic mass is 9.87. The van der Waals surface area contributed by atoms with E-state index in [4.69, 9.17) is 0 Å². The van der Waals surface area contributed by atoms with Crippen LogP contribution in [-0.2, 0) is 11.2 Å². The van der Waals surface area contributed by atoms with Gasteiger partial charge in [0, 0.05) is 29.1 Å². The number of rotatable bonds is 0. The molecule has 1 aromatic heterocycles. The maximum atomic E-state index is 13.5. The van der Waals surface area contributed by atoms with Gasteiger partial charge in [-0.15, -0.1) is 0 Å². The Morgan fingerprint density at radius 1 is 1.40 bits per heavy atom. The quantitative estimate of drug-likeness (QED) is 0.784. The van der Waals surface area contributed by atoms with E-state index in [0.29, 0.717) is 6.42 Å². The third kappa shape index (κ3) is 1.54. The summed E-state index contributed by atoms with van der Waals surface area (Å²) in [5, 5.41) is 0.976. The van der Waals surface area contributed by atoms with E-state index in [0.717, 1.165) is 35.9 Å². The summed E-state index contributed by atoms with van der Waals surface area (Å²) >= 11 is 0. The van der Waals surface area contributed by atoms with Crippen molar-refractivity contribution in [3.8, 4) is 0 Å². The average molecular weight is 272 g/mol. The molecule has 20 heavy (non-hydrogen) atoms. The molecule has 2 aromatic rings. The van der Waals surface area contributed by atoms with Crippen LogP contribution in [0.2, 0.25) is 0 Å². The number of nitrogens with one attached hydrogen (secondary N) is 1. The van der Waals surface area contributed by atoms with E-state index < -0.39 is 0 Å². The maximum absolute atomic E-state index is 13.5. The number of hydrogen-bond acceptors (Lipinski definition) is 1. The van der Waals surface area contributed by atoms with Gasteiger partial charge in [0.1, 0.15) is 5.82 Å². The average Bonchev–Trinajstić information content (AvgIpc) is 2.78. The minimum Gasteiger partial charge on any atom is -0.356 e. The SMILES string of the molecule is CC1c2[nH]c3ccc(F)cc3c2CC2CCCC(=O)N21. The Kier molecular flexibility index (Phi) is 2.43. The molecule has 1 saturated heterocycles. The Labute approximate surface area is 116 Å². The molecule has 1 aromatic carbocycles. The first-order valence-corrected chi connectivity index (χ1v) is 7.26. The van der Waals surface area contributed by atoms with Crippen molar-refractivity contribution >= 4 is 16.8 Å². The van der Waals surface area contributed by atoms with Crippen molar-refractivity contribution in [1.29, 1.82) is 0 Å². The second-order valence-corrected chi connectivity index (χ2v) is 5.93. The standard InChI is InChI=1S/C16H17FN2O/c1-9-16-13(8-11-3-2-4-15(20)19(9)11)12-7-10(17)5-6-14(12)18-16/h5-7,9,11,18H,2-4,8H2,1H3. The lowest BCUT2D eigenvalue weighted by Crippen LogP contribution is -2.48. The summed E-state index contributed by atoms with van der Waals surface area (Å²) in [7, 11) is 0. The Morgan fingerprint density at radius 2 is 2.25 bits per heavy atom. The molecular weight excluding hydrogens is 255 g/mol. The molecule has 0 radical (unpaired) electrons. The number of hydrogen-bond donors (Lipinski definition) is 1. The van der Waals surface area contributed by atoms with Crippen LogP contribution in [0.15, 0.2) is 18.2 Å². The highest BCUT2D eigenvalue weighted by atomic mass is 19.1. The zero-order valence-electron chi connectivity index (χ0n) is 11.4. The van der Waals surface area contributed by atoms with Gasteiger partial charge < -0.3 is 9.88 Å². The Bertz CT molecular complexity index is 706. The number of nitrogens with zero attached hydrogens (tertiary/aromatic N) is 1. The summed E-state index contributed by atoms with van der Waals surface area (Å²) in [6.45, 7) is 2.07. The fraction of sp³-hybridized carbons (Fsp3) is 0.438. The fourth-order valence-electron chi connectivity index (χ4n) is 3.89. The number of fused-ring (bicyclic) bond motifs is 4. The molecule has 0 spiro atoms. The lowest BCUT2D eigenvalue weighted by molar-refractivity contribution is -0.139. The molecule has 3 heterocycles. The van der Waals surface area contributed by atoms with Gasteiger partial charge in [0.15, 0.2) is 0 Å². The number of piperidine rings is 1. The van der Waals surface area contributed by atoms with E-state index in [2.05, 4.69) is 11.9 Å². The van der Waals surface area contributed by atoms with E-state index in [-0.39, 0.29) is 23.8 Å². The smallest absolute Gasteiger partial charge is 0.223 e. The lowest BCUT2D eigenvalue weighted by Gasteiger charge is -2.43. The minimum atomic E-state index is -0.200. The molecule has 2 aliphatic rings. The molecule has 1 N–H and O–H groups in total. The summed E-state index contributed by atoms with van der Waals surface area (Å²) in [6.07, 6.45) is 3.52. The predicted octanol–water partition coefficient (Wildman–Crippen LogP) is 3.31. The van der Waals surface area contributed by atoms with Crippen LogP contribution in [0, 0.1) is 5.82 Å². The molecule has 4 rings (SSSR count). The van der Waals surface area contributed by atoms with Crippen molar-refractivity contribution in [2.45, 2.75) is 44.7 Å². The topological polar surface area (TPSA) is 36.1 Å². The zero-order valence-corrected chi connectivity index (χ0v) is 11.4. The number of aromatic amines is 1. The van der Waals surface area contributed by atoms with E-state index in [1.165, 1.54) is 11.6 Å². The van der Waals surface area contributed by atoms with Crippen molar-refractivity contribution < 1.29 is 9.18 Å². The third-order valence-corrected chi connectivity index (χ3v) is 4.79. The molecule has 4 heteroatoms. The van der Waals surface area contributed by atoms with Crippen LogP contribution in [0.1, 0.15) is 43.5 Å². The summed E-state index contributed by atoms with van der Waals surface area (Å²) < 4.78 is 13.5. The highest BCUT2D eigenvalue weighted by molar-refractivity contribution is 5.86. The van der Waals surface area contributed by atoms with Gasteiger partial charge >= 0.3 is 0 Å². The van der Waals surface area contributed by atoms with Gasteiger partial charge in [-0.05, 0) is 49.9 Å². The molecular formula is C16H17FN2O. The van der Waals surface area contributed by atoms with Crippen LogP contribution in [-0.4, -0.2) is 21.8 Å². The van der Waals surface area contributed by atoms with E-state index in [9.17, 15) is 9.18 Å². The van der Waals surface area contributed by atoms with Gasteiger partial charge in [-0.2, -0.15) is 0 Å².